The molecule has 4 rings (SSSR count). The first-order valence-corrected chi connectivity index (χ1v) is 10.3. The van der Waals surface area contributed by atoms with Crippen molar-refractivity contribution >= 4 is 21.8 Å². The highest BCUT2D eigenvalue weighted by molar-refractivity contribution is 7.84. The van der Waals surface area contributed by atoms with E-state index in [0.29, 0.717) is 13.0 Å². The highest BCUT2D eigenvalue weighted by Crippen LogP contribution is 2.42. The van der Waals surface area contributed by atoms with Crippen molar-refractivity contribution < 1.29 is 8.95 Å². The average molecular weight is 381 g/mol. The molecule has 4 nitrogen and oxygen atoms in total. The van der Waals surface area contributed by atoms with E-state index in [1.165, 1.54) is 5.39 Å². The van der Waals surface area contributed by atoms with Crippen LogP contribution in [0.3, 0.4) is 0 Å². The minimum Gasteiger partial charge on any atom is -0.491 e. The zero-order valence-corrected chi connectivity index (χ0v) is 16.7. The lowest BCUT2D eigenvalue weighted by Gasteiger charge is -2.40. The summed E-state index contributed by atoms with van der Waals surface area (Å²) in [6, 6.07) is 18.5. The van der Waals surface area contributed by atoms with Crippen LogP contribution in [0.5, 0.6) is 5.75 Å². The molecule has 0 bridgehead atoms. The molecular formula is C22H24N2O2S. The molecule has 0 radical (unpaired) electrons. The summed E-state index contributed by atoms with van der Waals surface area (Å²) >= 11 is 0. The van der Waals surface area contributed by atoms with E-state index in [1.54, 1.807) is 6.20 Å². The zero-order valence-electron chi connectivity index (χ0n) is 15.9. The van der Waals surface area contributed by atoms with Crippen molar-refractivity contribution in [1.29, 1.82) is 0 Å². The Kier molecular flexibility index (Phi) is 4.52. The Bertz CT molecular complexity index is 1010. The monoisotopic (exact) mass is 380 g/mol. The third-order valence-corrected chi connectivity index (χ3v) is 6.62. The summed E-state index contributed by atoms with van der Waals surface area (Å²) in [6.45, 7) is 6.47. The van der Waals surface area contributed by atoms with Crippen LogP contribution in [0.2, 0.25) is 0 Å². The van der Waals surface area contributed by atoms with Gasteiger partial charge in [-0.05, 0) is 55.3 Å². The SMILES string of the molecule is CC(C)(C)S(=O)N[C@]1(c2ccc3ccccc3c2)CCOc2cccnc21. The van der Waals surface area contributed by atoms with Gasteiger partial charge in [0.1, 0.15) is 17.0 Å². The van der Waals surface area contributed by atoms with Gasteiger partial charge in [0.15, 0.2) is 0 Å². The Labute approximate surface area is 162 Å². The van der Waals surface area contributed by atoms with Crippen LogP contribution in [0.25, 0.3) is 10.8 Å². The van der Waals surface area contributed by atoms with Crippen LogP contribution in [-0.4, -0.2) is 20.5 Å². The maximum absolute atomic E-state index is 13.1. The van der Waals surface area contributed by atoms with E-state index in [0.717, 1.165) is 22.4 Å². The fourth-order valence-corrected chi connectivity index (χ4v) is 4.40. The predicted molar refractivity (Wildman–Crippen MR) is 110 cm³/mol. The number of ether oxygens (including phenoxy) is 1. The second-order valence-corrected chi connectivity index (χ2v) is 9.87. The molecule has 140 valence electrons. The molecule has 0 amide bonds. The van der Waals surface area contributed by atoms with Crippen molar-refractivity contribution in [3.05, 3.63) is 72.1 Å². The molecule has 1 unspecified atom stereocenters. The first-order chi connectivity index (χ1) is 12.9. The van der Waals surface area contributed by atoms with Crippen molar-refractivity contribution in [2.45, 2.75) is 37.5 Å². The molecule has 1 aliphatic rings. The molecule has 0 saturated carbocycles. The molecule has 2 atom stereocenters. The van der Waals surface area contributed by atoms with Gasteiger partial charge < -0.3 is 4.74 Å². The van der Waals surface area contributed by atoms with Gasteiger partial charge in [0.25, 0.3) is 0 Å². The molecule has 0 aliphatic carbocycles. The van der Waals surface area contributed by atoms with E-state index in [2.05, 4.69) is 40.0 Å². The van der Waals surface area contributed by atoms with Crippen molar-refractivity contribution in [2.75, 3.05) is 6.61 Å². The number of fused-ring (bicyclic) bond motifs is 2. The van der Waals surface area contributed by atoms with Gasteiger partial charge in [0.2, 0.25) is 0 Å². The van der Waals surface area contributed by atoms with E-state index < -0.39 is 21.3 Å². The highest BCUT2D eigenvalue weighted by Gasteiger charge is 2.43. The largest absolute Gasteiger partial charge is 0.491 e. The number of rotatable bonds is 3. The maximum Gasteiger partial charge on any atom is 0.143 e. The van der Waals surface area contributed by atoms with Gasteiger partial charge in [-0.1, -0.05) is 36.4 Å². The van der Waals surface area contributed by atoms with E-state index in [1.807, 2.05) is 45.0 Å². The number of hydrogen-bond donors (Lipinski definition) is 1. The summed E-state index contributed by atoms with van der Waals surface area (Å²) in [7, 11) is -1.26. The van der Waals surface area contributed by atoms with Crippen molar-refractivity contribution in [3.8, 4) is 5.75 Å². The quantitative estimate of drug-likeness (QED) is 0.736. The van der Waals surface area contributed by atoms with Crippen LogP contribution in [-0.2, 0) is 16.5 Å². The summed E-state index contributed by atoms with van der Waals surface area (Å²) < 4.78 is 22.0. The minimum atomic E-state index is -1.26. The summed E-state index contributed by atoms with van der Waals surface area (Å²) in [5.41, 5.74) is 1.20. The van der Waals surface area contributed by atoms with Crippen LogP contribution in [0, 0.1) is 0 Å². The number of benzene rings is 2. The van der Waals surface area contributed by atoms with Gasteiger partial charge >= 0.3 is 0 Å². The fourth-order valence-electron chi connectivity index (χ4n) is 3.47. The average Bonchev–Trinajstić information content (AvgIpc) is 2.67. The number of nitrogens with one attached hydrogen (secondary N) is 1. The summed E-state index contributed by atoms with van der Waals surface area (Å²) in [5.74, 6) is 0.746. The molecule has 3 aromatic rings. The molecular weight excluding hydrogens is 356 g/mol. The van der Waals surface area contributed by atoms with Crippen molar-refractivity contribution in [1.82, 2.24) is 9.71 Å². The summed E-state index contributed by atoms with van der Waals surface area (Å²) in [4.78, 5) is 4.64. The number of nitrogens with zero attached hydrogens (tertiary/aromatic N) is 1. The van der Waals surface area contributed by atoms with E-state index in [9.17, 15) is 4.21 Å². The van der Waals surface area contributed by atoms with Gasteiger partial charge in [-0.25, -0.2) is 8.93 Å². The predicted octanol–water partition coefficient (Wildman–Crippen LogP) is 4.31. The lowest BCUT2D eigenvalue weighted by molar-refractivity contribution is 0.223. The number of hydrogen-bond acceptors (Lipinski definition) is 3. The molecule has 2 aromatic carbocycles. The summed E-state index contributed by atoms with van der Waals surface area (Å²) in [6.07, 6.45) is 2.43. The molecule has 1 N–H and O–H groups in total. The van der Waals surface area contributed by atoms with Crippen molar-refractivity contribution in [3.63, 3.8) is 0 Å². The van der Waals surface area contributed by atoms with Crippen LogP contribution >= 0.6 is 0 Å². The Balaban J connectivity index is 1.92. The maximum atomic E-state index is 13.1. The van der Waals surface area contributed by atoms with Gasteiger partial charge in [-0.2, -0.15) is 0 Å². The lowest BCUT2D eigenvalue weighted by atomic mass is 9.82. The minimum absolute atomic E-state index is 0.392. The molecule has 1 aromatic heterocycles. The number of aromatic nitrogens is 1. The van der Waals surface area contributed by atoms with E-state index in [4.69, 9.17) is 4.74 Å². The van der Waals surface area contributed by atoms with Gasteiger partial charge in [-0.3, -0.25) is 4.98 Å². The molecule has 0 saturated heterocycles. The smallest absolute Gasteiger partial charge is 0.143 e. The Morgan fingerprint density at radius 2 is 1.85 bits per heavy atom. The van der Waals surface area contributed by atoms with Crippen LogP contribution in [0.1, 0.15) is 38.4 Å². The number of pyridine rings is 1. The van der Waals surface area contributed by atoms with Gasteiger partial charge in [-0.15, -0.1) is 0 Å². The first kappa shape index (κ1) is 18.1. The zero-order chi connectivity index (χ0) is 19.1. The molecule has 0 fully saturated rings. The van der Waals surface area contributed by atoms with E-state index >= 15 is 0 Å². The van der Waals surface area contributed by atoms with Crippen molar-refractivity contribution in [2.24, 2.45) is 0 Å². The third-order valence-electron chi connectivity index (χ3n) is 4.97. The molecule has 1 aliphatic heterocycles. The topological polar surface area (TPSA) is 51.2 Å². The second kappa shape index (κ2) is 6.73. The molecule has 0 spiro atoms. The first-order valence-electron chi connectivity index (χ1n) is 9.17. The highest BCUT2D eigenvalue weighted by atomic mass is 32.2. The van der Waals surface area contributed by atoms with Crippen LogP contribution in [0.15, 0.2) is 60.8 Å². The molecule has 27 heavy (non-hydrogen) atoms. The Morgan fingerprint density at radius 1 is 1.07 bits per heavy atom. The Hall–Kier alpha value is -2.24. The van der Waals surface area contributed by atoms with Crippen LogP contribution < -0.4 is 9.46 Å². The lowest BCUT2D eigenvalue weighted by Crippen LogP contribution is -2.51. The Morgan fingerprint density at radius 3 is 2.63 bits per heavy atom. The van der Waals surface area contributed by atoms with E-state index in [-0.39, 0.29) is 0 Å². The standard InChI is InChI=1S/C22H24N2O2S/c1-21(2,3)27(25)24-22(12-14-26-19-9-6-13-23-20(19)22)18-11-10-16-7-4-5-8-17(16)15-18/h4-11,13,15,24H,12,14H2,1-3H3/t22-,27?/m0/s1. The van der Waals surface area contributed by atoms with Gasteiger partial charge in [0, 0.05) is 12.6 Å². The van der Waals surface area contributed by atoms with Gasteiger partial charge in [0.05, 0.1) is 22.3 Å². The second-order valence-electron chi connectivity index (χ2n) is 7.90. The third kappa shape index (κ3) is 3.26. The summed E-state index contributed by atoms with van der Waals surface area (Å²) in [5, 5.41) is 2.34. The molecule has 2 heterocycles. The fraction of sp³-hybridized carbons (Fsp3) is 0.318. The normalized spacial score (nSPS) is 20.7. The van der Waals surface area contributed by atoms with Crippen LogP contribution in [0.4, 0.5) is 0 Å². The molecule has 5 heteroatoms.